The summed E-state index contributed by atoms with van der Waals surface area (Å²) in [5, 5.41) is 2.12. The lowest BCUT2D eigenvalue weighted by molar-refractivity contribution is -0.128. The topological polar surface area (TPSA) is 41.6 Å². The van der Waals surface area contributed by atoms with E-state index in [1.807, 2.05) is 12.1 Å². The lowest BCUT2D eigenvalue weighted by atomic mass is 9.82. The molecule has 4 heteroatoms. The molecule has 0 radical (unpaired) electrons. The molecule has 4 rings (SSSR count). The molecule has 1 fully saturated rings. The van der Waals surface area contributed by atoms with Crippen LogP contribution < -0.4 is 10.2 Å². The summed E-state index contributed by atoms with van der Waals surface area (Å²) in [7, 11) is 1.68. The van der Waals surface area contributed by atoms with Crippen LogP contribution in [0.3, 0.4) is 0 Å². The second-order valence-corrected chi connectivity index (χ2v) is 7.68. The normalized spacial score (nSPS) is 22.7. The minimum Gasteiger partial charge on any atom is -0.497 e. The van der Waals surface area contributed by atoms with Crippen molar-refractivity contribution in [2.75, 3.05) is 20.2 Å². The predicted molar refractivity (Wildman–Crippen MR) is 107 cm³/mol. The summed E-state index contributed by atoms with van der Waals surface area (Å²) < 4.78 is 5.38. The third kappa shape index (κ3) is 4.01. The maximum absolute atomic E-state index is 13.1. The van der Waals surface area contributed by atoms with Gasteiger partial charge < -0.3 is 4.74 Å². The van der Waals surface area contributed by atoms with Gasteiger partial charge in [-0.1, -0.05) is 36.4 Å². The van der Waals surface area contributed by atoms with E-state index in [2.05, 4.69) is 46.8 Å². The van der Waals surface area contributed by atoms with Crippen molar-refractivity contribution in [1.82, 2.24) is 10.4 Å². The lowest BCUT2D eigenvalue weighted by Gasteiger charge is -2.35. The van der Waals surface area contributed by atoms with Crippen LogP contribution in [0.15, 0.2) is 48.5 Å². The summed E-state index contributed by atoms with van der Waals surface area (Å²) in [6.45, 7) is 1.81. The predicted octanol–water partition coefficient (Wildman–Crippen LogP) is 4.03. The van der Waals surface area contributed by atoms with E-state index in [-0.39, 0.29) is 11.8 Å². The average Bonchev–Trinajstić information content (AvgIpc) is 2.73. The molecule has 0 aromatic heterocycles. The van der Waals surface area contributed by atoms with Crippen molar-refractivity contribution >= 4 is 5.91 Å². The number of benzene rings is 2. The van der Waals surface area contributed by atoms with Crippen LogP contribution in [0, 0.1) is 0 Å². The minimum absolute atomic E-state index is 0.0825. The van der Waals surface area contributed by atoms with Crippen LogP contribution in [0.4, 0.5) is 0 Å². The number of nitrogens with one attached hydrogen (secondary N) is 1. The molecule has 1 aliphatic carbocycles. The molecular weight excluding hydrogens is 336 g/mol. The number of hydrogen-bond donors (Lipinski definition) is 1. The van der Waals surface area contributed by atoms with Gasteiger partial charge in [-0.2, -0.15) is 0 Å². The molecule has 1 N–H and O–H groups in total. The van der Waals surface area contributed by atoms with Crippen LogP contribution in [-0.4, -0.2) is 31.1 Å². The number of aryl methyl sites for hydroxylation is 1. The van der Waals surface area contributed by atoms with Gasteiger partial charge in [0.1, 0.15) is 5.75 Å². The number of hydrogen-bond acceptors (Lipinski definition) is 3. The van der Waals surface area contributed by atoms with Crippen LogP contribution in [0.25, 0.3) is 0 Å². The van der Waals surface area contributed by atoms with Crippen LogP contribution in [0.1, 0.15) is 54.2 Å². The zero-order valence-electron chi connectivity index (χ0n) is 16.0. The van der Waals surface area contributed by atoms with Gasteiger partial charge in [0.05, 0.1) is 13.0 Å². The number of carbonyl (C=O) groups is 1. The van der Waals surface area contributed by atoms with E-state index in [1.165, 1.54) is 17.5 Å². The number of nitrogens with zero attached hydrogens (tertiary/aromatic N) is 1. The maximum atomic E-state index is 13.1. The Morgan fingerprint density at radius 3 is 2.78 bits per heavy atom. The number of fused-ring (bicyclic) bond motifs is 1. The van der Waals surface area contributed by atoms with Crippen LogP contribution in [-0.2, 0) is 11.2 Å². The lowest BCUT2D eigenvalue weighted by Crippen LogP contribution is -2.49. The van der Waals surface area contributed by atoms with Crippen LogP contribution in [0.5, 0.6) is 5.75 Å². The summed E-state index contributed by atoms with van der Waals surface area (Å²) in [6.07, 6.45) is 5.30. The van der Waals surface area contributed by atoms with Crippen molar-refractivity contribution in [3.8, 4) is 5.75 Å². The number of piperidine rings is 1. The largest absolute Gasteiger partial charge is 0.497 e. The van der Waals surface area contributed by atoms with E-state index < -0.39 is 0 Å². The Labute approximate surface area is 161 Å². The Kier molecular flexibility index (Phi) is 5.44. The van der Waals surface area contributed by atoms with E-state index in [9.17, 15) is 4.79 Å². The quantitative estimate of drug-likeness (QED) is 0.891. The number of ether oxygens (including phenoxy) is 1. The second kappa shape index (κ2) is 8.13. The first-order valence-corrected chi connectivity index (χ1v) is 10.0. The van der Waals surface area contributed by atoms with Crippen molar-refractivity contribution in [2.45, 2.75) is 43.9 Å². The molecule has 27 heavy (non-hydrogen) atoms. The summed E-state index contributed by atoms with van der Waals surface area (Å²) in [5.74, 6) is 1.36. The zero-order chi connectivity index (χ0) is 18.6. The Bertz CT molecular complexity index is 790. The highest BCUT2D eigenvalue weighted by atomic mass is 16.5. The van der Waals surface area contributed by atoms with Gasteiger partial charge in [-0.05, 0) is 66.8 Å². The van der Waals surface area contributed by atoms with Crippen molar-refractivity contribution < 1.29 is 9.53 Å². The summed E-state index contributed by atoms with van der Waals surface area (Å²) in [5.41, 5.74) is 7.00. The second-order valence-electron chi connectivity index (χ2n) is 7.68. The fourth-order valence-electron chi connectivity index (χ4n) is 4.49. The van der Waals surface area contributed by atoms with Crippen LogP contribution >= 0.6 is 0 Å². The molecule has 0 saturated carbocycles. The number of hydrazine groups is 1. The zero-order valence-corrected chi connectivity index (χ0v) is 16.0. The van der Waals surface area contributed by atoms with Gasteiger partial charge in [0.2, 0.25) is 5.91 Å². The summed E-state index contributed by atoms with van der Waals surface area (Å²) in [6, 6.07) is 16.8. The molecule has 2 atom stereocenters. The van der Waals surface area contributed by atoms with Crippen molar-refractivity contribution in [2.24, 2.45) is 0 Å². The van der Waals surface area contributed by atoms with Gasteiger partial charge >= 0.3 is 0 Å². The van der Waals surface area contributed by atoms with Gasteiger partial charge in [-0.25, -0.2) is 5.01 Å². The van der Waals surface area contributed by atoms with Crippen molar-refractivity contribution in [1.29, 1.82) is 0 Å². The number of methoxy groups -OCH3 is 1. The number of rotatable bonds is 4. The molecule has 2 aliphatic rings. The van der Waals surface area contributed by atoms with Gasteiger partial charge in [0, 0.05) is 13.1 Å². The smallest absolute Gasteiger partial charge is 0.241 e. The van der Waals surface area contributed by atoms with Crippen molar-refractivity contribution in [3.05, 3.63) is 65.2 Å². The van der Waals surface area contributed by atoms with Gasteiger partial charge in [-0.3, -0.25) is 10.2 Å². The molecule has 0 bridgehead atoms. The SMILES string of the molecule is COc1ccc2c(c1)C(C(=O)NN1CCCC(c3ccccc3)C1)CCC2. The molecule has 0 spiro atoms. The average molecular weight is 364 g/mol. The molecule has 4 nitrogen and oxygen atoms in total. The Balaban J connectivity index is 1.45. The van der Waals surface area contributed by atoms with E-state index >= 15 is 0 Å². The molecule has 142 valence electrons. The molecule has 2 unspecified atom stereocenters. The number of amides is 1. The first kappa shape index (κ1) is 18.1. The monoisotopic (exact) mass is 364 g/mol. The molecule has 1 aliphatic heterocycles. The van der Waals surface area contributed by atoms with Gasteiger partial charge in [0.15, 0.2) is 0 Å². The molecule has 1 amide bonds. The van der Waals surface area contributed by atoms with E-state index in [0.29, 0.717) is 5.92 Å². The highest BCUT2D eigenvalue weighted by Gasteiger charge is 2.29. The summed E-state index contributed by atoms with van der Waals surface area (Å²) in [4.78, 5) is 13.1. The minimum atomic E-state index is -0.0825. The fourth-order valence-corrected chi connectivity index (χ4v) is 4.49. The van der Waals surface area contributed by atoms with Crippen molar-refractivity contribution in [3.63, 3.8) is 0 Å². The summed E-state index contributed by atoms with van der Waals surface area (Å²) >= 11 is 0. The Hall–Kier alpha value is -2.33. The first-order valence-electron chi connectivity index (χ1n) is 10.0. The van der Waals surface area contributed by atoms with Crippen LogP contribution in [0.2, 0.25) is 0 Å². The molecule has 1 heterocycles. The van der Waals surface area contributed by atoms with E-state index in [0.717, 1.165) is 50.1 Å². The first-order chi connectivity index (χ1) is 13.2. The third-order valence-electron chi connectivity index (χ3n) is 5.94. The molecular formula is C23H28N2O2. The highest BCUT2D eigenvalue weighted by molar-refractivity contribution is 5.84. The van der Waals surface area contributed by atoms with Gasteiger partial charge in [0.25, 0.3) is 0 Å². The van der Waals surface area contributed by atoms with E-state index in [4.69, 9.17) is 4.74 Å². The standard InChI is InChI=1S/C23H28N2O2/c1-27-20-13-12-18-9-5-11-21(22(18)15-20)23(26)24-25-14-6-10-19(16-25)17-7-3-2-4-8-17/h2-4,7-8,12-13,15,19,21H,5-6,9-11,14,16H2,1H3,(H,24,26). The number of carbonyl (C=O) groups excluding carboxylic acids is 1. The molecule has 1 saturated heterocycles. The Morgan fingerprint density at radius 2 is 1.96 bits per heavy atom. The molecule has 2 aromatic carbocycles. The third-order valence-corrected chi connectivity index (χ3v) is 5.94. The van der Waals surface area contributed by atoms with Gasteiger partial charge in [-0.15, -0.1) is 0 Å². The molecule has 2 aromatic rings. The maximum Gasteiger partial charge on any atom is 0.241 e. The highest BCUT2D eigenvalue weighted by Crippen LogP contribution is 2.34. The fraction of sp³-hybridized carbons (Fsp3) is 0.435. The Morgan fingerprint density at radius 1 is 1.11 bits per heavy atom. The van der Waals surface area contributed by atoms with E-state index in [1.54, 1.807) is 7.11 Å².